The van der Waals surface area contributed by atoms with Crippen LogP contribution in [0.4, 0.5) is 0 Å². The predicted octanol–water partition coefficient (Wildman–Crippen LogP) is 1.11. The first-order valence-electron chi connectivity index (χ1n) is 4.73. The highest BCUT2D eigenvalue weighted by atomic mass is 15.3. The van der Waals surface area contributed by atoms with E-state index in [1.54, 1.807) is 6.20 Å². The minimum absolute atomic E-state index is 0.229. The summed E-state index contributed by atoms with van der Waals surface area (Å²) in [5.74, 6) is 5.48. The summed E-state index contributed by atoms with van der Waals surface area (Å²) in [6.45, 7) is 2.18. The fourth-order valence-electron chi connectivity index (χ4n) is 1.45. The van der Waals surface area contributed by atoms with E-state index in [2.05, 4.69) is 17.4 Å². The van der Waals surface area contributed by atoms with Crippen molar-refractivity contribution in [3.8, 4) is 0 Å². The fourth-order valence-corrected chi connectivity index (χ4v) is 1.45. The molecule has 1 rings (SSSR count). The molecule has 0 aliphatic carbocycles. The van der Waals surface area contributed by atoms with Crippen LogP contribution in [0.15, 0.2) is 12.3 Å². The highest BCUT2D eigenvalue weighted by Gasteiger charge is 2.11. The van der Waals surface area contributed by atoms with Crippen LogP contribution in [0.2, 0.25) is 0 Å². The molecule has 3 N–H and O–H groups in total. The number of aromatic nitrogens is 2. The zero-order valence-corrected chi connectivity index (χ0v) is 8.33. The Balaban J connectivity index is 2.61. The van der Waals surface area contributed by atoms with Gasteiger partial charge in [0.1, 0.15) is 0 Å². The van der Waals surface area contributed by atoms with E-state index in [1.807, 2.05) is 17.8 Å². The number of aryl methyl sites for hydroxylation is 1. The van der Waals surface area contributed by atoms with Crippen molar-refractivity contribution in [2.75, 3.05) is 0 Å². The van der Waals surface area contributed by atoms with Crippen LogP contribution in [-0.4, -0.2) is 9.78 Å². The predicted molar refractivity (Wildman–Crippen MR) is 52.8 cm³/mol. The van der Waals surface area contributed by atoms with Crippen LogP contribution < -0.4 is 11.3 Å². The molecule has 13 heavy (non-hydrogen) atoms. The van der Waals surface area contributed by atoms with Crippen molar-refractivity contribution >= 4 is 0 Å². The molecule has 0 amide bonds. The number of hydrazine groups is 1. The lowest BCUT2D eigenvalue weighted by molar-refractivity contribution is 0.464. The van der Waals surface area contributed by atoms with Crippen molar-refractivity contribution in [1.82, 2.24) is 15.2 Å². The zero-order chi connectivity index (χ0) is 9.68. The maximum Gasteiger partial charge on any atom is 0.0628 e. The Labute approximate surface area is 79.1 Å². The lowest BCUT2D eigenvalue weighted by atomic mass is 10.1. The average Bonchev–Trinajstić information content (AvgIpc) is 2.54. The van der Waals surface area contributed by atoms with E-state index in [1.165, 1.54) is 12.8 Å². The Hall–Kier alpha value is -0.870. The van der Waals surface area contributed by atoms with Crippen molar-refractivity contribution < 1.29 is 0 Å². The molecule has 0 aliphatic rings. The summed E-state index contributed by atoms with van der Waals surface area (Å²) in [6.07, 6.45) is 5.23. The smallest absolute Gasteiger partial charge is 0.0628 e. The van der Waals surface area contributed by atoms with E-state index >= 15 is 0 Å². The second kappa shape index (κ2) is 4.99. The lowest BCUT2D eigenvalue weighted by Gasteiger charge is -2.15. The van der Waals surface area contributed by atoms with Gasteiger partial charge in [0.05, 0.1) is 11.7 Å². The van der Waals surface area contributed by atoms with E-state index < -0.39 is 0 Å². The van der Waals surface area contributed by atoms with Crippen molar-refractivity contribution in [2.24, 2.45) is 12.9 Å². The van der Waals surface area contributed by atoms with E-state index in [0.29, 0.717) is 0 Å². The molecule has 4 nitrogen and oxygen atoms in total. The minimum atomic E-state index is 0.229. The van der Waals surface area contributed by atoms with E-state index in [9.17, 15) is 0 Å². The van der Waals surface area contributed by atoms with Crippen LogP contribution >= 0.6 is 0 Å². The molecule has 0 bridgehead atoms. The van der Waals surface area contributed by atoms with Crippen LogP contribution in [0, 0.1) is 0 Å². The van der Waals surface area contributed by atoms with Crippen LogP contribution in [0.3, 0.4) is 0 Å². The number of nitrogens with zero attached hydrogens (tertiary/aromatic N) is 2. The summed E-state index contributed by atoms with van der Waals surface area (Å²) in [7, 11) is 1.94. The fraction of sp³-hybridized carbons (Fsp3) is 0.667. The Morgan fingerprint density at radius 2 is 2.46 bits per heavy atom. The van der Waals surface area contributed by atoms with Crippen LogP contribution in [0.1, 0.15) is 37.9 Å². The Morgan fingerprint density at radius 1 is 1.69 bits per heavy atom. The van der Waals surface area contributed by atoms with Crippen LogP contribution in [0.5, 0.6) is 0 Å². The average molecular weight is 182 g/mol. The SMILES string of the molecule is CCCCC(NN)c1ccnn1C. The second-order valence-electron chi connectivity index (χ2n) is 3.24. The van der Waals surface area contributed by atoms with Crippen LogP contribution in [-0.2, 0) is 7.05 Å². The van der Waals surface area contributed by atoms with Gasteiger partial charge in [-0.2, -0.15) is 5.10 Å². The highest BCUT2D eigenvalue weighted by molar-refractivity contribution is 5.05. The molecule has 0 fully saturated rings. The molecular formula is C9H18N4. The molecule has 1 aromatic heterocycles. The summed E-state index contributed by atoms with van der Waals surface area (Å²) >= 11 is 0. The molecule has 4 heteroatoms. The zero-order valence-electron chi connectivity index (χ0n) is 8.33. The van der Waals surface area contributed by atoms with Crippen molar-refractivity contribution in [3.05, 3.63) is 18.0 Å². The maximum atomic E-state index is 5.48. The van der Waals surface area contributed by atoms with Gasteiger partial charge in [-0.15, -0.1) is 0 Å². The van der Waals surface area contributed by atoms with Gasteiger partial charge < -0.3 is 0 Å². The summed E-state index contributed by atoms with van der Waals surface area (Å²) in [5, 5.41) is 4.11. The molecule has 1 heterocycles. The van der Waals surface area contributed by atoms with Crippen LogP contribution in [0.25, 0.3) is 0 Å². The number of nitrogens with two attached hydrogens (primary N) is 1. The molecule has 0 aromatic carbocycles. The van der Waals surface area contributed by atoms with E-state index in [-0.39, 0.29) is 6.04 Å². The second-order valence-corrected chi connectivity index (χ2v) is 3.24. The summed E-state index contributed by atoms with van der Waals surface area (Å²) in [4.78, 5) is 0. The van der Waals surface area contributed by atoms with Crippen molar-refractivity contribution in [1.29, 1.82) is 0 Å². The standard InChI is InChI=1S/C9H18N4/c1-3-4-5-8(12-10)9-6-7-11-13(9)2/h6-8,12H,3-5,10H2,1-2H3. The summed E-state index contributed by atoms with van der Waals surface area (Å²) in [6, 6.07) is 2.23. The maximum absolute atomic E-state index is 5.48. The normalized spacial score (nSPS) is 13.2. The molecule has 0 spiro atoms. The Morgan fingerprint density at radius 3 is 2.92 bits per heavy atom. The number of hydrogen-bond donors (Lipinski definition) is 2. The third kappa shape index (κ3) is 2.54. The van der Waals surface area contributed by atoms with Gasteiger partial charge in [0, 0.05) is 13.2 Å². The molecule has 1 atom stereocenters. The summed E-state index contributed by atoms with van der Waals surface area (Å²) < 4.78 is 1.86. The molecule has 1 unspecified atom stereocenters. The van der Waals surface area contributed by atoms with Gasteiger partial charge in [-0.3, -0.25) is 16.0 Å². The van der Waals surface area contributed by atoms with Gasteiger partial charge >= 0.3 is 0 Å². The number of rotatable bonds is 5. The Bertz CT molecular complexity index is 244. The van der Waals surface area contributed by atoms with Gasteiger partial charge in [0.25, 0.3) is 0 Å². The van der Waals surface area contributed by atoms with Gasteiger partial charge in [-0.05, 0) is 12.5 Å². The van der Waals surface area contributed by atoms with Gasteiger partial charge in [-0.25, -0.2) is 0 Å². The molecule has 0 saturated heterocycles. The van der Waals surface area contributed by atoms with E-state index in [0.717, 1.165) is 12.1 Å². The highest BCUT2D eigenvalue weighted by Crippen LogP contribution is 2.16. The molecular weight excluding hydrogens is 164 g/mol. The number of hydrogen-bond acceptors (Lipinski definition) is 3. The summed E-state index contributed by atoms with van der Waals surface area (Å²) in [5.41, 5.74) is 3.97. The molecule has 0 radical (unpaired) electrons. The molecule has 74 valence electrons. The monoisotopic (exact) mass is 182 g/mol. The largest absolute Gasteiger partial charge is 0.271 e. The van der Waals surface area contributed by atoms with Crippen molar-refractivity contribution in [3.63, 3.8) is 0 Å². The number of unbranched alkanes of at least 4 members (excludes halogenated alkanes) is 1. The Kier molecular flexibility index (Phi) is 3.92. The molecule has 0 saturated carbocycles. The van der Waals surface area contributed by atoms with Gasteiger partial charge in [0.15, 0.2) is 0 Å². The van der Waals surface area contributed by atoms with Gasteiger partial charge in [0.2, 0.25) is 0 Å². The molecule has 1 aromatic rings. The first-order valence-corrected chi connectivity index (χ1v) is 4.73. The first-order chi connectivity index (χ1) is 6.29. The lowest BCUT2D eigenvalue weighted by Crippen LogP contribution is -2.29. The molecule has 0 aliphatic heterocycles. The van der Waals surface area contributed by atoms with E-state index in [4.69, 9.17) is 5.84 Å². The number of nitrogens with one attached hydrogen (secondary N) is 1. The third-order valence-electron chi connectivity index (χ3n) is 2.26. The minimum Gasteiger partial charge on any atom is -0.271 e. The third-order valence-corrected chi connectivity index (χ3v) is 2.26. The quantitative estimate of drug-likeness (QED) is 0.530. The first kappa shape index (κ1) is 10.2. The van der Waals surface area contributed by atoms with Gasteiger partial charge in [-0.1, -0.05) is 19.8 Å². The topological polar surface area (TPSA) is 55.9 Å². The van der Waals surface area contributed by atoms with Crippen molar-refractivity contribution in [2.45, 2.75) is 32.2 Å².